The third kappa shape index (κ3) is 3.54. The fourth-order valence-electron chi connectivity index (χ4n) is 4.01. The second-order valence-corrected chi connectivity index (χ2v) is 7.53. The van der Waals surface area contributed by atoms with Crippen LogP contribution >= 0.6 is 0 Å². The van der Waals surface area contributed by atoms with E-state index in [0.29, 0.717) is 11.7 Å². The molecule has 0 atom stereocenters. The van der Waals surface area contributed by atoms with Crippen LogP contribution in [0.15, 0.2) is 35.0 Å². The first kappa shape index (κ1) is 17.3. The van der Waals surface area contributed by atoms with E-state index in [1.165, 1.54) is 56.2 Å². The minimum absolute atomic E-state index is 0.661. The summed E-state index contributed by atoms with van der Waals surface area (Å²) in [6.45, 7) is 5.91. The van der Waals surface area contributed by atoms with E-state index >= 15 is 0 Å². The first-order valence-electron chi connectivity index (χ1n) is 9.84. The van der Waals surface area contributed by atoms with E-state index < -0.39 is 0 Å². The van der Waals surface area contributed by atoms with Gasteiger partial charge in [0.15, 0.2) is 0 Å². The first-order chi connectivity index (χ1) is 12.7. The second kappa shape index (κ2) is 7.62. The molecule has 1 saturated heterocycles. The van der Waals surface area contributed by atoms with Gasteiger partial charge >= 0.3 is 0 Å². The van der Waals surface area contributed by atoms with Gasteiger partial charge in [-0.2, -0.15) is 4.98 Å². The molecule has 0 radical (unpaired) electrons. The van der Waals surface area contributed by atoms with Crippen molar-refractivity contribution in [3.8, 4) is 11.4 Å². The fraction of sp³-hybridized carbons (Fsp3) is 0.524. The van der Waals surface area contributed by atoms with Crippen LogP contribution in [0.4, 0.5) is 0 Å². The number of para-hydroxylation sites is 1. The van der Waals surface area contributed by atoms with Crippen molar-refractivity contribution in [2.24, 2.45) is 13.0 Å². The fourth-order valence-corrected chi connectivity index (χ4v) is 4.01. The average molecular weight is 352 g/mol. The summed E-state index contributed by atoms with van der Waals surface area (Å²) in [7, 11) is 2.05. The zero-order chi connectivity index (χ0) is 17.9. The van der Waals surface area contributed by atoms with Gasteiger partial charge in [-0.05, 0) is 50.9 Å². The molecule has 1 aliphatic rings. The Morgan fingerprint density at radius 1 is 1.19 bits per heavy atom. The smallest absolute Gasteiger partial charge is 0.227 e. The zero-order valence-corrected chi connectivity index (χ0v) is 15.8. The Labute approximate surface area is 155 Å². The molecule has 138 valence electrons. The van der Waals surface area contributed by atoms with Crippen LogP contribution in [0.3, 0.4) is 0 Å². The molecular weight excluding hydrogens is 324 g/mol. The Bertz CT molecular complexity index is 858. The van der Waals surface area contributed by atoms with Gasteiger partial charge in [0, 0.05) is 36.1 Å². The normalized spacial score (nSPS) is 16.5. The van der Waals surface area contributed by atoms with Crippen molar-refractivity contribution in [2.75, 3.05) is 19.6 Å². The number of aromatic nitrogens is 3. The van der Waals surface area contributed by atoms with Crippen LogP contribution in [0.2, 0.25) is 0 Å². The maximum Gasteiger partial charge on any atom is 0.227 e. The lowest BCUT2D eigenvalue weighted by Gasteiger charge is -2.31. The predicted molar refractivity (Wildman–Crippen MR) is 104 cm³/mol. The molecule has 3 aromatic rings. The number of hydrogen-bond acceptors (Lipinski definition) is 4. The van der Waals surface area contributed by atoms with Crippen LogP contribution in [-0.4, -0.2) is 39.2 Å². The third-order valence-electron chi connectivity index (χ3n) is 5.60. The van der Waals surface area contributed by atoms with Crippen molar-refractivity contribution in [3.63, 3.8) is 0 Å². The van der Waals surface area contributed by atoms with Gasteiger partial charge in [0.25, 0.3) is 0 Å². The Morgan fingerprint density at radius 2 is 2.00 bits per heavy atom. The lowest BCUT2D eigenvalue weighted by molar-refractivity contribution is 0.175. The largest absolute Gasteiger partial charge is 0.350 e. The zero-order valence-electron chi connectivity index (χ0n) is 15.8. The van der Waals surface area contributed by atoms with Gasteiger partial charge in [-0.3, -0.25) is 0 Å². The number of nitrogens with zero attached hydrogens (tertiary/aromatic N) is 4. The van der Waals surface area contributed by atoms with Crippen LogP contribution in [0.25, 0.3) is 22.3 Å². The summed E-state index contributed by atoms with van der Waals surface area (Å²) in [5.41, 5.74) is 2.24. The Balaban J connectivity index is 1.42. The van der Waals surface area contributed by atoms with Crippen molar-refractivity contribution < 1.29 is 4.52 Å². The van der Waals surface area contributed by atoms with Crippen molar-refractivity contribution in [1.29, 1.82) is 0 Å². The lowest BCUT2D eigenvalue weighted by atomic mass is 9.93. The summed E-state index contributed by atoms with van der Waals surface area (Å²) in [5, 5.41) is 5.43. The molecule has 0 aliphatic carbocycles. The monoisotopic (exact) mass is 352 g/mol. The summed E-state index contributed by atoms with van der Waals surface area (Å²) in [4.78, 5) is 7.29. The van der Waals surface area contributed by atoms with Gasteiger partial charge < -0.3 is 14.0 Å². The Kier molecular flexibility index (Phi) is 5.07. The summed E-state index contributed by atoms with van der Waals surface area (Å²) in [6, 6.07) is 8.35. The molecule has 5 nitrogen and oxygen atoms in total. The number of benzene rings is 1. The topological polar surface area (TPSA) is 47.1 Å². The molecule has 0 spiro atoms. The Morgan fingerprint density at radius 3 is 2.81 bits per heavy atom. The highest BCUT2D eigenvalue weighted by Crippen LogP contribution is 2.29. The highest BCUT2D eigenvalue weighted by molar-refractivity contribution is 5.94. The number of aryl methyl sites for hydroxylation is 1. The maximum absolute atomic E-state index is 5.59. The van der Waals surface area contributed by atoms with E-state index in [1.54, 1.807) is 0 Å². The van der Waals surface area contributed by atoms with E-state index in [2.05, 4.69) is 59.1 Å². The van der Waals surface area contributed by atoms with Crippen LogP contribution in [0.1, 0.15) is 38.5 Å². The Hall–Kier alpha value is -2.14. The molecular formula is C21H28N4O. The number of unbranched alkanes of at least 4 members (excludes halogenated alkanes) is 1. The number of fused-ring (bicyclic) bond motifs is 1. The molecule has 5 heteroatoms. The van der Waals surface area contributed by atoms with E-state index in [9.17, 15) is 0 Å². The molecule has 26 heavy (non-hydrogen) atoms. The van der Waals surface area contributed by atoms with Gasteiger partial charge in [0.1, 0.15) is 0 Å². The molecule has 0 saturated carbocycles. The predicted octanol–water partition coefficient (Wildman–Crippen LogP) is 4.28. The van der Waals surface area contributed by atoms with Crippen molar-refractivity contribution >= 4 is 10.9 Å². The van der Waals surface area contributed by atoms with Crippen molar-refractivity contribution in [3.05, 3.63) is 36.4 Å². The molecule has 0 bridgehead atoms. The van der Waals surface area contributed by atoms with Gasteiger partial charge in [-0.15, -0.1) is 0 Å². The average Bonchev–Trinajstić information content (AvgIpc) is 3.26. The molecule has 0 amide bonds. The molecule has 3 heterocycles. The summed E-state index contributed by atoms with van der Waals surface area (Å²) < 4.78 is 7.71. The van der Waals surface area contributed by atoms with E-state index in [0.717, 1.165) is 17.9 Å². The minimum Gasteiger partial charge on any atom is -0.350 e. The third-order valence-corrected chi connectivity index (χ3v) is 5.60. The second-order valence-electron chi connectivity index (χ2n) is 7.53. The van der Waals surface area contributed by atoms with E-state index in [-0.39, 0.29) is 0 Å². The van der Waals surface area contributed by atoms with Gasteiger partial charge in [-0.1, -0.05) is 36.7 Å². The van der Waals surface area contributed by atoms with Gasteiger partial charge in [-0.25, -0.2) is 0 Å². The van der Waals surface area contributed by atoms with Crippen LogP contribution in [0, 0.1) is 5.92 Å². The molecule has 1 aromatic carbocycles. The standard InChI is InChI=1S/C21H28N4O/c1-3-4-11-25-12-9-16(10-13-25)14-20-22-21(23-26-20)18-15-24(2)19-8-6-5-7-17(18)19/h5-8,15-16H,3-4,9-14H2,1-2H3. The van der Waals surface area contributed by atoms with E-state index in [1.807, 2.05) is 0 Å². The molecule has 0 unspecified atom stereocenters. The molecule has 4 rings (SSSR count). The number of likely N-dealkylation sites (tertiary alicyclic amines) is 1. The van der Waals surface area contributed by atoms with Gasteiger partial charge in [0.05, 0.1) is 0 Å². The number of hydrogen-bond donors (Lipinski definition) is 0. The summed E-state index contributed by atoms with van der Waals surface area (Å²) in [6.07, 6.45) is 8.04. The number of piperidine rings is 1. The van der Waals surface area contributed by atoms with Crippen LogP contribution in [0.5, 0.6) is 0 Å². The van der Waals surface area contributed by atoms with Crippen LogP contribution < -0.4 is 0 Å². The maximum atomic E-state index is 5.59. The molecule has 1 aliphatic heterocycles. The van der Waals surface area contributed by atoms with Crippen molar-refractivity contribution in [2.45, 2.75) is 39.0 Å². The van der Waals surface area contributed by atoms with Crippen molar-refractivity contribution in [1.82, 2.24) is 19.6 Å². The van der Waals surface area contributed by atoms with Gasteiger partial charge in [0.2, 0.25) is 11.7 Å². The molecule has 2 aromatic heterocycles. The number of rotatable bonds is 6. The summed E-state index contributed by atoms with van der Waals surface area (Å²) in [5.74, 6) is 2.14. The minimum atomic E-state index is 0.661. The first-order valence-corrected chi connectivity index (χ1v) is 9.84. The quantitative estimate of drug-likeness (QED) is 0.664. The highest BCUT2D eigenvalue weighted by Gasteiger charge is 2.22. The molecule has 0 N–H and O–H groups in total. The lowest BCUT2D eigenvalue weighted by Crippen LogP contribution is -2.35. The summed E-state index contributed by atoms with van der Waals surface area (Å²) >= 11 is 0. The molecule has 1 fully saturated rings. The highest BCUT2D eigenvalue weighted by atomic mass is 16.5. The van der Waals surface area contributed by atoms with E-state index in [4.69, 9.17) is 9.51 Å². The SMILES string of the molecule is CCCCN1CCC(Cc2nc(-c3cn(C)c4ccccc34)no2)CC1. The van der Waals surface area contributed by atoms with Crippen LogP contribution in [-0.2, 0) is 13.5 Å².